The van der Waals surface area contributed by atoms with Gasteiger partial charge < -0.3 is 20.1 Å². The molecule has 0 fully saturated rings. The van der Waals surface area contributed by atoms with Crippen molar-refractivity contribution in [3.63, 3.8) is 0 Å². The number of nitrogens with one attached hydrogen (secondary N) is 2. The number of rotatable bonds is 5. The maximum atomic E-state index is 14.4. The molecule has 0 saturated heterocycles. The Morgan fingerprint density at radius 1 is 1.06 bits per heavy atom. The molecule has 1 aliphatic rings. The zero-order valence-electron chi connectivity index (χ0n) is 17.4. The molecule has 3 rings (SSSR count). The third-order valence-corrected chi connectivity index (χ3v) is 5.73. The summed E-state index contributed by atoms with van der Waals surface area (Å²) in [5.74, 6) is -3.15. The molecule has 0 aliphatic carbocycles. The first-order chi connectivity index (χ1) is 15.2. The van der Waals surface area contributed by atoms with Crippen molar-refractivity contribution in [2.24, 2.45) is 4.40 Å². The Morgan fingerprint density at radius 2 is 1.72 bits per heavy atom. The maximum Gasteiger partial charge on any atom is 0.343 e. The summed E-state index contributed by atoms with van der Waals surface area (Å²) in [6.45, 7) is 3.19. The lowest BCUT2D eigenvalue weighted by molar-refractivity contribution is -0.137. The summed E-state index contributed by atoms with van der Waals surface area (Å²) in [6, 6.07) is 9.54. The Kier molecular flexibility index (Phi) is 6.58. The number of halogens is 1. The molecule has 1 heterocycles. The molecule has 0 unspecified atom stereocenters. The summed E-state index contributed by atoms with van der Waals surface area (Å²) in [7, 11) is -3.60. The van der Waals surface area contributed by atoms with Gasteiger partial charge in [0.1, 0.15) is 16.3 Å². The van der Waals surface area contributed by atoms with Crippen LogP contribution in [0, 0.1) is 5.82 Å². The Morgan fingerprint density at radius 3 is 2.34 bits per heavy atom. The van der Waals surface area contributed by atoms with Crippen LogP contribution in [0.1, 0.15) is 24.2 Å². The summed E-state index contributed by atoms with van der Waals surface area (Å²) in [5, 5.41) is 5.82. The Bertz CT molecular complexity index is 1250. The third kappa shape index (κ3) is 4.62. The second-order valence-electron chi connectivity index (χ2n) is 6.57. The van der Waals surface area contributed by atoms with Gasteiger partial charge in [-0.2, -0.15) is 8.42 Å². The Labute approximate surface area is 184 Å². The minimum atomic E-state index is -4.71. The maximum absolute atomic E-state index is 14.4. The highest BCUT2D eigenvalue weighted by Crippen LogP contribution is 2.29. The van der Waals surface area contributed by atoms with Gasteiger partial charge in [0.25, 0.3) is 10.0 Å². The van der Waals surface area contributed by atoms with Crippen LogP contribution < -0.4 is 10.6 Å². The monoisotopic (exact) mass is 461 g/mol. The van der Waals surface area contributed by atoms with Crippen LogP contribution >= 0.6 is 0 Å². The van der Waals surface area contributed by atoms with Gasteiger partial charge in [-0.05, 0) is 44.2 Å². The van der Waals surface area contributed by atoms with Gasteiger partial charge in [0.15, 0.2) is 5.84 Å². The molecule has 9 nitrogen and oxygen atoms in total. The Hall–Kier alpha value is -3.73. The minimum Gasteiger partial charge on any atom is -0.465 e. The molecule has 0 atom stereocenters. The molecule has 2 aromatic carbocycles. The molecule has 0 spiro atoms. The first kappa shape index (κ1) is 22.9. The van der Waals surface area contributed by atoms with E-state index >= 15 is 0 Å². The van der Waals surface area contributed by atoms with Crippen LogP contribution in [-0.4, -0.2) is 39.9 Å². The topological polar surface area (TPSA) is 123 Å². The average molecular weight is 461 g/mol. The van der Waals surface area contributed by atoms with Crippen molar-refractivity contribution in [3.05, 3.63) is 65.1 Å². The van der Waals surface area contributed by atoms with Gasteiger partial charge in [-0.1, -0.05) is 12.1 Å². The van der Waals surface area contributed by atoms with Gasteiger partial charge in [0.05, 0.1) is 30.7 Å². The van der Waals surface area contributed by atoms with Crippen LogP contribution in [0.3, 0.4) is 0 Å². The molecule has 0 aromatic heterocycles. The molecule has 0 radical (unpaired) electrons. The molecule has 0 bridgehead atoms. The number of sulfonamides is 1. The predicted octanol–water partition coefficient (Wildman–Crippen LogP) is 3.07. The lowest BCUT2D eigenvalue weighted by Gasteiger charge is -2.12. The van der Waals surface area contributed by atoms with Crippen molar-refractivity contribution in [3.8, 4) is 0 Å². The van der Waals surface area contributed by atoms with Crippen molar-refractivity contribution in [2.45, 2.75) is 18.7 Å². The second kappa shape index (κ2) is 9.18. The van der Waals surface area contributed by atoms with E-state index in [1.165, 1.54) is 0 Å². The standard InChI is InChI=1S/C21H20FN3O6S/c1-4-31-21(27)18-12(2)23-15-7-5-6-8-16(15)24-19(18)25-32(28,29)17-11-13(20(26)30-3)9-10-14(17)22/h5-11,23H,4H2,1-3H3,(H,24,25). The normalized spacial score (nSPS) is 14.7. The summed E-state index contributed by atoms with van der Waals surface area (Å²) >= 11 is 0. The fourth-order valence-corrected chi connectivity index (χ4v) is 4.04. The van der Waals surface area contributed by atoms with E-state index in [2.05, 4.69) is 19.8 Å². The number of nitrogens with zero attached hydrogens (tertiary/aromatic N) is 1. The fraction of sp³-hybridized carbons (Fsp3) is 0.190. The number of fused-ring (bicyclic) bond motifs is 1. The van der Waals surface area contributed by atoms with Crippen molar-refractivity contribution in [1.82, 2.24) is 0 Å². The molecular weight excluding hydrogens is 441 g/mol. The number of anilines is 2. The highest BCUT2D eigenvalue weighted by atomic mass is 32.2. The number of hydrogen-bond donors (Lipinski definition) is 2. The number of esters is 2. The van der Waals surface area contributed by atoms with Gasteiger partial charge in [-0.3, -0.25) is 0 Å². The van der Waals surface area contributed by atoms with E-state index in [-0.39, 0.29) is 29.3 Å². The number of allylic oxidation sites excluding steroid dienone is 1. The molecule has 1 aliphatic heterocycles. The second-order valence-corrected chi connectivity index (χ2v) is 8.14. The van der Waals surface area contributed by atoms with Crippen LogP contribution in [0.4, 0.5) is 15.8 Å². The lowest BCUT2D eigenvalue weighted by Crippen LogP contribution is -2.25. The highest BCUT2D eigenvalue weighted by Gasteiger charge is 2.29. The molecule has 0 amide bonds. The molecule has 2 N–H and O–H groups in total. The zero-order chi connectivity index (χ0) is 23.5. The smallest absolute Gasteiger partial charge is 0.343 e. The molecule has 11 heteroatoms. The number of hydrogen-bond acceptors (Lipinski definition) is 7. The van der Waals surface area contributed by atoms with Gasteiger partial charge >= 0.3 is 11.9 Å². The molecule has 168 valence electrons. The van der Waals surface area contributed by atoms with Gasteiger partial charge in [-0.15, -0.1) is 4.40 Å². The van der Waals surface area contributed by atoms with E-state index in [1.807, 2.05) is 0 Å². The predicted molar refractivity (Wildman–Crippen MR) is 115 cm³/mol. The number of amidine groups is 1. The van der Waals surface area contributed by atoms with Gasteiger partial charge in [0, 0.05) is 5.70 Å². The number of benzene rings is 2. The van der Waals surface area contributed by atoms with E-state index in [4.69, 9.17) is 4.74 Å². The number of methoxy groups -OCH3 is 1. The summed E-state index contributed by atoms with van der Waals surface area (Å²) in [5.41, 5.74) is 0.929. The van der Waals surface area contributed by atoms with Crippen molar-refractivity contribution >= 4 is 39.2 Å². The van der Waals surface area contributed by atoms with Crippen molar-refractivity contribution in [2.75, 3.05) is 24.4 Å². The lowest BCUT2D eigenvalue weighted by atomic mass is 10.2. The van der Waals surface area contributed by atoms with E-state index in [9.17, 15) is 22.4 Å². The van der Waals surface area contributed by atoms with Crippen molar-refractivity contribution in [1.29, 1.82) is 0 Å². The molecule has 32 heavy (non-hydrogen) atoms. The van der Waals surface area contributed by atoms with Crippen LogP contribution in [-0.2, 0) is 24.3 Å². The average Bonchev–Trinajstić information content (AvgIpc) is 2.88. The Balaban J connectivity index is 2.19. The summed E-state index contributed by atoms with van der Waals surface area (Å²) in [6.07, 6.45) is 0. The molecular formula is C21H20FN3O6S. The summed E-state index contributed by atoms with van der Waals surface area (Å²) in [4.78, 5) is 23.5. The van der Waals surface area contributed by atoms with E-state index < -0.39 is 32.7 Å². The number of carbonyl (C=O) groups excluding carboxylic acids is 2. The van der Waals surface area contributed by atoms with E-state index in [0.717, 1.165) is 25.3 Å². The quantitative estimate of drug-likeness (QED) is 0.652. The molecule has 0 saturated carbocycles. The van der Waals surface area contributed by atoms with Gasteiger partial charge in [0.2, 0.25) is 0 Å². The van der Waals surface area contributed by atoms with Crippen LogP contribution in [0.2, 0.25) is 0 Å². The summed E-state index contributed by atoms with van der Waals surface area (Å²) < 4.78 is 53.8. The first-order valence-electron chi connectivity index (χ1n) is 9.42. The first-order valence-corrected chi connectivity index (χ1v) is 10.9. The zero-order valence-corrected chi connectivity index (χ0v) is 18.2. The van der Waals surface area contributed by atoms with Crippen molar-refractivity contribution < 1.29 is 31.9 Å². The van der Waals surface area contributed by atoms with Crippen LogP contribution in [0.25, 0.3) is 0 Å². The third-order valence-electron chi connectivity index (χ3n) is 4.44. The van der Waals surface area contributed by atoms with Gasteiger partial charge in [-0.25, -0.2) is 14.0 Å². The van der Waals surface area contributed by atoms with Crippen LogP contribution in [0.5, 0.6) is 0 Å². The largest absolute Gasteiger partial charge is 0.465 e. The molecule has 2 aromatic rings. The van der Waals surface area contributed by atoms with E-state index in [1.54, 1.807) is 38.1 Å². The minimum absolute atomic E-state index is 0.0401. The van der Waals surface area contributed by atoms with E-state index in [0.29, 0.717) is 11.4 Å². The number of carbonyl (C=O) groups is 2. The highest BCUT2D eigenvalue weighted by molar-refractivity contribution is 7.90. The SMILES string of the molecule is CCOC(=O)C1=C(C)Nc2ccccc2N/C1=N/S(=O)(=O)c1cc(C(=O)OC)ccc1F. The van der Waals surface area contributed by atoms with Crippen LogP contribution in [0.15, 0.2) is 63.0 Å². The number of ether oxygens (including phenoxy) is 2. The fourth-order valence-electron chi connectivity index (χ4n) is 2.97. The number of para-hydroxylation sites is 2.